The summed E-state index contributed by atoms with van der Waals surface area (Å²) in [6, 6.07) is 14.1. The molecule has 1 aliphatic heterocycles. The number of hydrogen-bond acceptors (Lipinski definition) is 7. The fourth-order valence-electron chi connectivity index (χ4n) is 3.73. The summed E-state index contributed by atoms with van der Waals surface area (Å²) in [5, 5.41) is 22.7. The minimum atomic E-state index is -1.18. The SMILES string of the molecule is COc1ccc(/C(O)=C2\C(=O)C(=O)N(Cc3ccco3)[C@H]2c2ccccc2[N+](=O)[O-])cc1. The molecule has 1 fully saturated rings. The third-order valence-electron chi connectivity index (χ3n) is 5.24. The van der Waals surface area contributed by atoms with Crippen LogP contribution in [0.25, 0.3) is 5.76 Å². The van der Waals surface area contributed by atoms with Gasteiger partial charge in [-0.05, 0) is 42.5 Å². The van der Waals surface area contributed by atoms with Crippen LogP contribution < -0.4 is 4.74 Å². The van der Waals surface area contributed by atoms with Crippen molar-refractivity contribution >= 4 is 23.1 Å². The molecule has 9 nitrogen and oxygen atoms in total. The fourth-order valence-corrected chi connectivity index (χ4v) is 3.73. The molecule has 1 atom stereocenters. The molecular formula is C23H18N2O7. The molecular weight excluding hydrogens is 416 g/mol. The van der Waals surface area contributed by atoms with Crippen LogP contribution in [0, 0.1) is 10.1 Å². The molecule has 0 radical (unpaired) electrons. The molecule has 0 unspecified atom stereocenters. The van der Waals surface area contributed by atoms with Crippen molar-refractivity contribution in [1.82, 2.24) is 4.90 Å². The van der Waals surface area contributed by atoms with Crippen molar-refractivity contribution in [3.05, 3.63) is 99.5 Å². The second-order valence-corrected chi connectivity index (χ2v) is 7.05. The largest absolute Gasteiger partial charge is 0.507 e. The van der Waals surface area contributed by atoms with Gasteiger partial charge in [-0.1, -0.05) is 12.1 Å². The zero-order chi connectivity index (χ0) is 22.8. The van der Waals surface area contributed by atoms with Gasteiger partial charge in [0, 0.05) is 11.6 Å². The average molecular weight is 434 g/mol. The first-order valence-electron chi connectivity index (χ1n) is 9.61. The van der Waals surface area contributed by atoms with Gasteiger partial charge >= 0.3 is 0 Å². The summed E-state index contributed by atoms with van der Waals surface area (Å²) in [5.74, 6) is -1.33. The Morgan fingerprint density at radius 3 is 2.47 bits per heavy atom. The van der Waals surface area contributed by atoms with E-state index in [0.717, 1.165) is 0 Å². The number of carbonyl (C=O) groups excluding carboxylic acids is 2. The quantitative estimate of drug-likeness (QED) is 0.206. The van der Waals surface area contributed by atoms with Gasteiger partial charge in [-0.15, -0.1) is 0 Å². The number of amides is 1. The molecule has 2 aromatic carbocycles. The van der Waals surface area contributed by atoms with E-state index in [0.29, 0.717) is 11.5 Å². The van der Waals surface area contributed by atoms with Crippen LogP contribution in [0.15, 0.2) is 76.9 Å². The lowest BCUT2D eigenvalue weighted by Crippen LogP contribution is -2.29. The van der Waals surface area contributed by atoms with Crippen LogP contribution in [0.1, 0.15) is 22.9 Å². The molecule has 1 aliphatic rings. The topological polar surface area (TPSA) is 123 Å². The van der Waals surface area contributed by atoms with Gasteiger partial charge in [0.25, 0.3) is 17.4 Å². The van der Waals surface area contributed by atoms with E-state index in [1.54, 1.807) is 30.3 Å². The number of ketones is 1. The second-order valence-electron chi connectivity index (χ2n) is 7.05. The summed E-state index contributed by atoms with van der Waals surface area (Å²) in [6.45, 7) is -0.103. The summed E-state index contributed by atoms with van der Waals surface area (Å²) in [6.07, 6.45) is 1.42. The smallest absolute Gasteiger partial charge is 0.296 e. The highest BCUT2D eigenvalue weighted by Crippen LogP contribution is 2.43. The summed E-state index contributed by atoms with van der Waals surface area (Å²) in [4.78, 5) is 38.2. The number of ether oxygens (including phenoxy) is 1. The number of nitrogens with zero attached hydrogens (tertiary/aromatic N) is 2. The molecule has 4 rings (SSSR count). The molecule has 3 aromatic rings. The number of para-hydroxylation sites is 1. The maximum Gasteiger partial charge on any atom is 0.296 e. The number of benzene rings is 2. The molecule has 1 amide bonds. The number of furan rings is 1. The molecule has 1 aromatic heterocycles. The average Bonchev–Trinajstić information content (AvgIpc) is 3.41. The number of nitro groups is 1. The van der Waals surface area contributed by atoms with E-state index < -0.39 is 28.4 Å². The summed E-state index contributed by atoms with van der Waals surface area (Å²) < 4.78 is 10.4. The van der Waals surface area contributed by atoms with Crippen molar-refractivity contribution in [2.24, 2.45) is 0 Å². The number of aliphatic hydroxyl groups excluding tert-OH is 1. The zero-order valence-corrected chi connectivity index (χ0v) is 16.9. The number of carbonyl (C=O) groups is 2. The van der Waals surface area contributed by atoms with Gasteiger partial charge in [0.05, 0.1) is 42.0 Å². The maximum atomic E-state index is 13.0. The lowest BCUT2D eigenvalue weighted by molar-refractivity contribution is -0.385. The highest BCUT2D eigenvalue weighted by molar-refractivity contribution is 6.46. The lowest BCUT2D eigenvalue weighted by Gasteiger charge is -2.24. The van der Waals surface area contributed by atoms with Gasteiger partial charge in [0.15, 0.2) is 0 Å². The standard InChI is InChI=1S/C23H18N2O7/c1-31-15-10-8-14(9-11-15)21(26)19-20(17-6-2-3-7-18(17)25(29)30)24(23(28)22(19)27)13-16-5-4-12-32-16/h2-12,20,26H,13H2,1H3/b21-19+/t20-/m0/s1. The number of hydrogen-bond donors (Lipinski definition) is 1. The monoisotopic (exact) mass is 434 g/mol. The van der Waals surface area contributed by atoms with Crippen molar-refractivity contribution in [1.29, 1.82) is 0 Å². The number of nitro benzene ring substituents is 1. The Hall–Kier alpha value is -4.40. The third kappa shape index (κ3) is 3.60. The van der Waals surface area contributed by atoms with E-state index >= 15 is 0 Å². The van der Waals surface area contributed by atoms with E-state index in [9.17, 15) is 24.8 Å². The van der Waals surface area contributed by atoms with Gasteiger partial charge < -0.3 is 19.2 Å². The number of Topliss-reactive ketones (excluding diaryl/α,β-unsaturated/α-hetero) is 1. The Kier molecular flexibility index (Phi) is 5.46. The first kappa shape index (κ1) is 20.9. The summed E-state index contributed by atoms with van der Waals surface area (Å²) in [5.41, 5.74) is -0.130. The first-order chi connectivity index (χ1) is 15.4. The molecule has 2 heterocycles. The molecule has 0 spiro atoms. The van der Waals surface area contributed by atoms with Crippen molar-refractivity contribution in [2.75, 3.05) is 7.11 Å². The molecule has 1 saturated heterocycles. The molecule has 0 bridgehead atoms. The van der Waals surface area contributed by atoms with E-state index in [1.807, 2.05) is 0 Å². The van der Waals surface area contributed by atoms with Crippen LogP contribution in [0.4, 0.5) is 5.69 Å². The molecule has 9 heteroatoms. The Bertz CT molecular complexity index is 1210. The van der Waals surface area contributed by atoms with E-state index in [1.165, 1.54) is 48.6 Å². The first-order valence-corrected chi connectivity index (χ1v) is 9.61. The number of aliphatic hydroxyl groups is 1. The highest BCUT2D eigenvalue weighted by Gasteiger charge is 2.48. The molecule has 32 heavy (non-hydrogen) atoms. The van der Waals surface area contributed by atoms with Crippen molar-refractivity contribution in [3.63, 3.8) is 0 Å². The molecule has 1 N–H and O–H groups in total. The van der Waals surface area contributed by atoms with Gasteiger partial charge in [0.1, 0.15) is 17.3 Å². The number of methoxy groups -OCH3 is 1. The summed E-state index contributed by atoms with van der Waals surface area (Å²) in [7, 11) is 1.49. The minimum absolute atomic E-state index is 0.103. The van der Waals surface area contributed by atoms with Crippen LogP contribution in [-0.4, -0.2) is 33.7 Å². The van der Waals surface area contributed by atoms with Gasteiger partial charge in [-0.3, -0.25) is 19.7 Å². The van der Waals surface area contributed by atoms with E-state index in [2.05, 4.69) is 0 Å². The van der Waals surface area contributed by atoms with Crippen LogP contribution in [-0.2, 0) is 16.1 Å². The Labute approximate surface area is 182 Å². The fraction of sp³-hybridized carbons (Fsp3) is 0.130. The number of likely N-dealkylation sites (tertiary alicyclic amines) is 1. The summed E-state index contributed by atoms with van der Waals surface area (Å²) >= 11 is 0. The molecule has 0 aliphatic carbocycles. The second kappa shape index (κ2) is 8.38. The van der Waals surface area contributed by atoms with Gasteiger partial charge in [0.2, 0.25) is 0 Å². The van der Waals surface area contributed by atoms with Crippen LogP contribution in [0.5, 0.6) is 5.75 Å². The third-order valence-corrected chi connectivity index (χ3v) is 5.24. The van der Waals surface area contributed by atoms with E-state index in [-0.39, 0.29) is 28.9 Å². The Morgan fingerprint density at radius 2 is 1.84 bits per heavy atom. The van der Waals surface area contributed by atoms with Crippen LogP contribution in [0.2, 0.25) is 0 Å². The maximum absolute atomic E-state index is 13.0. The van der Waals surface area contributed by atoms with Crippen LogP contribution >= 0.6 is 0 Å². The van der Waals surface area contributed by atoms with Crippen molar-refractivity contribution < 1.29 is 28.8 Å². The molecule has 0 saturated carbocycles. The van der Waals surface area contributed by atoms with Crippen molar-refractivity contribution in [2.45, 2.75) is 12.6 Å². The van der Waals surface area contributed by atoms with E-state index in [4.69, 9.17) is 9.15 Å². The highest BCUT2D eigenvalue weighted by atomic mass is 16.6. The van der Waals surface area contributed by atoms with Crippen molar-refractivity contribution in [3.8, 4) is 5.75 Å². The predicted octanol–water partition coefficient (Wildman–Crippen LogP) is 3.82. The Morgan fingerprint density at radius 1 is 1.12 bits per heavy atom. The molecule has 162 valence electrons. The number of rotatable bonds is 6. The van der Waals surface area contributed by atoms with Gasteiger partial charge in [-0.2, -0.15) is 0 Å². The zero-order valence-electron chi connectivity index (χ0n) is 16.9. The van der Waals surface area contributed by atoms with Gasteiger partial charge in [-0.25, -0.2) is 0 Å². The predicted molar refractivity (Wildman–Crippen MR) is 113 cm³/mol. The lowest BCUT2D eigenvalue weighted by atomic mass is 9.94. The Balaban J connectivity index is 1.91. The normalized spacial score (nSPS) is 17.5. The minimum Gasteiger partial charge on any atom is -0.507 e. The van der Waals surface area contributed by atoms with Crippen LogP contribution in [0.3, 0.4) is 0 Å².